The topological polar surface area (TPSA) is 37.3 Å². The Labute approximate surface area is 69.8 Å². The number of carboxylic acids is 1. The van der Waals surface area contributed by atoms with Gasteiger partial charge in [-0.15, -0.1) is 13.2 Å². The molecule has 0 saturated carbocycles. The van der Waals surface area contributed by atoms with Crippen LogP contribution in [-0.2, 0) is 11.2 Å². The van der Waals surface area contributed by atoms with Gasteiger partial charge in [0.05, 0.1) is 6.42 Å². The first-order chi connectivity index (χ1) is 5.29. The molecule has 1 N–H and O–H groups in total. The Kier molecular flexibility index (Phi) is 5.11. The van der Waals surface area contributed by atoms with Crippen molar-refractivity contribution < 1.29 is 9.90 Å². The van der Waals surface area contributed by atoms with Gasteiger partial charge in [-0.2, -0.15) is 11.3 Å². The van der Waals surface area contributed by atoms with Crippen LogP contribution < -0.4 is 0 Å². The van der Waals surface area contributed by atoms with Crippen molar-refractivity contribution in [3.05, 3.63) is 35.5 Å². The SMILES string of the molecule is C=C.O=C(O)Cc1ccsc1. The Bertz CT molecular complexity index is 204. The van der Waals surface area contributed by atoms with Crippen molar-refractivity contribution in [1.82, 2.24) is 0 Å². The molecule has 0 bridgehead atoms. The highest BCUT2D eigenvalue weighted by Crippen LogP contribution is 2.05. The Hall–Kier alpha value is -1.09. The fourth-order valence-electron chi connectivity index (χ4n) is 0.568. The summed E-state index contributed by atoms with van der Waals surface area (Å²) in [4.78, 5) is 10.1. The zero-order chi connectivity index (χ0) is 8.69. The monoisotopic (exact) mass is 170 g/mol. The van der Waals surface area contributed by atoms with E-state index in [4.69, 9.17) is 5.11 Å². The molecule has 1 aromatic heterocycles. The average Bonchev–Trinajstić information content (AvgIpc) is 2.43. The molecule has 3 heteroatoms. The summed E-state index contributed by atoms with van der Waals surface area (Å²) < 4.78 is 0. The van der Waals surface area contributed by atoms with Crippen LogP contribution in [0.1, 0.15) is 5.56 Å². The summed E-state index contributed by atoms with van der Waals surface area (Å²) in [5, 5.41) is 12.0. The van der Waals surface area contributed by atoms with Crippen LogP contribution in [0.3, 0.4) is 0 Å². The summed E-state index contributed by atoms with van der Waals surface area (Å²) in [7, 11) is 0. The van der Waals surface area contributed by atoms with E-state index in [1.807, 2.05) is 16.8 Å². The van der Waals surface area contributed by atoms with Gasteiger partial charge in [0.15, 0.2) is 0 Å². The predicted octanol–water partition coefficient (Wildman–Crippen LogP) is 2.18. The van der Waals surface area contributed by atoms with Gasteiger partial charge in [0.2, 0.25) is 0 Å². The molecule has 0 atom stereocenters. The molecule has 1 rings (SSSR count). The third-order valence-corrected chi connectivity index (χ3v) is 1.67. The summed E-state index contributed by atoms with van der Waals surface area (Å²) in [5.41, 5.74) is 0.882. The highest BCUT2D eigenvalue weighted by Gasteiger charge is 1.97. The Balaban J connectivity index is 0.000000461. The van der Waals surface area contributed by atoms with Crippen molar-refractivity contribution in [2.24, 2.45) is 0 Å². The zero-order valence-corrected chi connectivity index (χ0v) is 6.93. The molecule has 0 radical (unpaired) electrons. The van der Waals surface area contributed by atoms with Crippen LogP contribution in [0.2, 0.25) is 0 Å². The van der Waals surface area contributed by atoms with Crippen molar-refractivity contribution in [3.63, 3.8) is 0 Å². The van der Waals surface area contributed by atoms with Gasteiger partial charge in [0.1, 0.15) is 0 Å². The van der Waals surface area contributed by atoms with Crippen molar-refractivity contribution in [1.29, 1.82) is 0 Å². The number of carboxylic acid groups (broad SMARTS) is 1. The first-order valence-corrected chi connectivity index (χ1v) is 3.96. The quantitative estimate of drug-likeness (QED) is 0.691. The number of thiophene rings is 1. The van der Waals surface area contributed by atoms with Gasteiger partial charge in [-0.3, -0.25) is 4.79 Å². The standard InChI is InChI=1S/C6H6O2S.C2H4/c7-6(8)3-5-1-2-9-4-5;1-2/h1-2,4H,3H2,(H,7,8);1-2H2. The van der Waals surface area contributed by atoms with Gasteiger partial charge in [-0.05, 0) is 22.4 Å². The molecule has 0 fully saturated rings. The van der Waals surface area contributed by atoms with Gasteiger partial charge >= 0.3 is 5.97 Å². The van der Waals surface area contributed by atoms with Crippen LogP contribution in [0.25, 0.3) is 0 Å². The third kappa shape index (κ3) is 4.33. The lowest BCUT2D eigenvalue weighted by Crippen LogP contribution is -1.97. The highest BCUT2D eigenvalue weighted by molar-refractivity contribution is 7.07. The summed E-state index contributed by atoms with van der Waals surface area (Å²) in [6, 6.07) is 1.82. The maximum atomic E-state index is 10.1. The summed E-state index contributed by atoms with van der Waals surface area (Å²) in [6.45, 7) is 6.00. The van der Waals surface area contributed by atoms with E-state index in [0.29, 0.717) is 0 Å². The minimum Gasteiger partial charge on any atom is -0.481 e. The van der Waals surface area contributed by atoms with Crippen LogP contribution in [-0.4, -0.2) is 11.1 Å². The van der Waals surface area contributed by atoms with Gasteiger partial charge in [0.25, 0.3) is 0 Å². The average molecular weight is 170 g/mol. The van der Waals surface area contributed by atoms with Crippen molar-refractivity contribution in [2.45, 2.75) is 6.42 Å². The van der Waals surface area contributed by atoms with Crippen LogP contribution >= 0.6 is 11.3 Å². The molecule has 0 aliphatic carbocycles. The van der Waals surface area contributed by atoms with E-state index in [2.05, 4.69) is 13.2 Å². The molecule has 60 valence electrons. The second kappa shape index (κ2) is 5.68. The first kappa shape index (κ1) is 9.91. The first-order valence-electron chi connectivity index (χ1n) is 3.02. The Morgan fingerprint density at radius 1 is 1.64 bits per heavy atom. The van der Waals surface area contributed by atoms with Crippen molar-refractivity contribution in [2.75, 3.05) is 0 Å². The fourth-order valence-corrected chi connectivity index (χ4v) is 1.24. The smallest absolute Gasteiger partial charge is 0.307 e. The third-order valence-electron chi connectivity index (χ3n) is 0.935. The largest absolute Gasteiger partial charge is 0.481 e. The summed E-state index contributed by atoms with van der Waals surface area (Å²) >= 11 is 1.52. The van der Waals surface area contributed by atoms with E-state index < -0.39 is 5.97 Å². The van der Waals surface area contributed by atoms with E-state index >= 15 is 0 Å². The lowest BCUT2D eigenvalue weighted by atomic mass is 10.2. The molecule has 0 aromatic carbocycles. The summed E-state index contributed by atoms with van der Waals surface area (Å²) in [5.74, 6) is -0.770. The van der Waals surface area contributed by atoms with Crippen LogP contribution in [0.4, 0.5) is 0 Å². The Morgan fingerprint density at radius 3 is 2.64 bits per heavy atom. The Morgan fingerprint density at radius 2 is 2.27 bits per heavy atom. The number of aliphatic carboxylic acids is 1. The molecule has 0 aliphatic rings. The maximum Gasteiger partial charge on any atom is 0.307 e. The zero-order valence-electron chi connectivity index (χ0n) is 6.12. The molecule has 2 nitrogen and oxygen atoms in total. The van der Waals surface area contributed by atoms with E-state index in [9.17, 15) is 4.79 Å². The molecule has 1 aromatic rings. The molecular formula is C8H10O2S. The van der Waals surface area contributed by atoms with Gasteiger partial charge in [0, 0.05) is 0 Å². The van der Waals surface area contributed by atoms with E-state index in [-0.39, 0.29) is 6.42 Å². The molecule has 0 spiro atoms. The molecule has 0 amide bonds. The lowest BCUT2D eigenvalue weighted by Gasteiger charge is -1.85. The second-order valence-electron chi connectivity index (χ2n) is 1.70. The van der Waals surface area contributed by atoms with Crippen LogP contribution in [0, 0.1) is 0 Å². The fraction of sp³-hybridized carbons (Fsp3) is 0.125. The maximum absolute atomic E-state index is 10.1. The van der Waals surface area contributed by atoms with E-state index in [1.54, 1.807) is 0 Å². The lowest BCUT2D eigenvalue weighted by molar-refractivity contribution is -0.136. The van der Waals surface area contributed by atoms with Gasteiger partial charge < -0.3 is 5.11 Å². The second-order valence-corrected chi connectivity index (χ2v) is 2.48. The van der Waals surface area contributed by atoms with Gasteiger partial charge in [-0.25, -0.2) is 0 Å². The number of carbonyl (C=O) groups is 1. The molecule has 11 heavy (non-hydrogen) atoms. The van der Waals surface area contributed by atoms with Crippen LogP contribution in [0.5, 0.6) is 0 Å². The van der Waals surface area contributed by atoms with E-state index in [0.717, 1.165) is 5.56 Å². The van der Waals surface area contributed by atoms with Crippen molar-refractivity contribution in [3.8, 4) is 0 Å². The van der Waals surface area contributed by atoms with E-state index in [1.165, 1.54) is 11.3 Å². The summed E-state index contributed by atoms with van der Waals surface area (Å²) in [6.07, 6.45) is 0.142. The molecule has 0 unspecified atom stereocenters. The molecular weight excluding hydrogens is 160 g/mol. The van der Waals surface area contributed by atoms with Crippen molar-refractivity contribution >= 4 is 17.3 Å². The number of rotatable bonds is 2. The predicted molar refractivity (Wildman–Crippen MR) is 46.9 cm³/mol. The minimum absolute atomic E-state index is 0.142. The normalized spacial score (nSPS) is 8.00. The number of hydrogen-bond donors (Lipinski definition) is 1. The number of hydrogen-bond acceptors (Lipinski definition) is 2. The van der Waals surface area contributed by atoms with Gasteiger partial charge in [-0.1, -0.05) is 0 Å². The molecule has 1 heterocycles. The highest BCUT2D eigenvalue weighted by atomic mass is 32.1. The molecule has 0 saturated heterocycles. The minimum atomic E-state index is -0.770. The van der Waals surface area contributed by atoms with Crippen LogP contribution in [0.15, 0.2) is 30.0 Å². The molecule has 0 aliphatic heterocycles.